The van der Waals surface area contributed by atoms with Gasteiger partial charge in [0.15, 0.2) is 0 Å². The van der Waals surface area contributed by atoms with Crippen LogP contribution in [0.15, 0.2) is 0 Å². The number of methoxy groups -OCH3 is 1. The summed E-state index contributed by atoms with van der Waals surface area (Å²) in [6.07, 6.45) is 3.89. The molecule has 0 aromatic rings. The van der Waals surface area contributed by atoms with Crippen LogP contribution in [0.25, 0.3) is 0 Å². The zero-order valence-corrected chi connectivity index (χ0v) is 14.2. The Balaban J connectivity index is 1.71. The topological polar surface area (TPSA) is 46.6 Å². The number of ether oxygens (including phenoxy) is 1. The van der Waals surface area contributed by atoms with Crippen molar-refractivity contribution in [3.05, 3.63) is 0 Å². The molecule has 1 saturated heterocycles. The normalized spacial score (nSPS) is 27.3. The zero-order chi connectivity index (χ0) is 15.5. The molecular weight excluding hydrogens is 286 g/mol. The summed E-state index contributed by atoms with van der Waals surface area (Å²) in [6, 6.07) is 0. The van der Waals surface area contributed by atoms with E-state index >= 15 is 0 Å². The van der Waals surface area contributed by atoms with E-state index in [0.717, 1.165) is 31.7 Å². The van der Waals surface area contributed by atoms with E-state index < -0.39 is 0 Å². The van der Waals surface area contributed by atoms with E-state index in [-0.39, 0.29) is 17.3 Å². The molecule has 1 aliphatic heterocycles. The Hall–Kier alpha value is -0.710. The molecule has 0 radical (unpaired) electrons. The van der Waals surface area contributed by atoms with E-state index in [4.69, 9.17) is 4.74 Å². The first-order chi connectivity index (χ1) is 9.94. The zero-order valence-electron chi connectivity index (χ0n) is 13.4. The van der Waals surface area contributed by atoms with Crippen molar-refractivity contribution in [3.63, 3.8) is 0 Å². The molecule has 0 spiro atoms. The molecule has 0 bridgehead atoms. The van der Waals surface area contributed by atoms with Gasteiger partial charge in [-0.3, -0.25) is 9.59 Å². The summed E-state index contributed by atoms with van der Waals surface area (Å²) in [5.74, 6) is 2.79. The van der Waals surface area contributed by atoms with Crippen molar-refractivity contribution in [2.45, 2.75) is 39.5 Å². The Morgan fingerprint density at radius 2 is 1.86 bits per heavy atom. The second-order valence-corrected chi connectivity index (χ2v) is 7.98. The van der Waals surface area contributed by atoms with Gasteiger partial charge in [0.1, 0.15) is 0 Å². The Labute approximate surface area is 132 Å². The van der Waals surface area contributed by atoms with Gasteiger partial charge in [-0.15, -0.1) is 0 Å². The quantitative estimate of drug-likeness (QED) is 0.707. The van der Waals surface area contributed by atoms with E-state index in [1.54, 1.807) is 11.8 Å². The van der Waals surface area contributed by atoms with Crippen molar-refractivity contribution in [2.75, 3.05) is 31.7 Å². The van der Waals surface area contributed by atoms with Crippen LogP contribution in [0.3, 0.4) is 0 Å². The molecule has 2 fully saturated rings. The summed E-state index contributed by atoms with van der Waals surface area (Å²) < 4.78 is 4.75. The minimum Gasteiger partial charge on any atom is -0.469 e. The highest BCUT2D eigenvalue weighted by atomic mass is 32.2. The van der Waals surface area contributed by atoms with Crippen LogP contribution >= 0.6 is 11.8 Å². The lowest BCUT2D eigenvalue weighted by molar-refractivity contribution is -0.141. The molecule has 0 aromatic heterocycles. The van der Waals surface area contributed by atoms with Gasteiger partial charge < -0.3 is 9.64 Å². The molecule has 2 atom stereocenters. The first kappa shape index (κ1) is 16.7. The van der Waals surface area contributed by atoms with Gasteiger partial charge in [0.05, 0.1) is 19.3 Å². The minimum atomic E-state index is -0.127. The summed E-state index contributed by atoms with van der Waals surface area (Å²) in [5, 5.41) is 0. The van der Waals surface area contributed by atoms with Gasteiger partial charge >= 0.3 is 5.97 Å². The van der Waals surface area contributed by atoms with Gasteiger partial charge in [0.25, 0.3) is 0 Å². The van der Waals surface area contributed by atoms with Gasteiger partial charge in [0.2, 0.25) is 5.91 Å². The fourth-order valence-electron chi connectivity index (χ4n) is 3.24. The molecular formula is C16H27NO3S. The minimum absolute atomic E-state index is 0.112. The molecule has 4 nitrogen and oxygen atoms in total. The van der Waals surface area contributed by atoms with Gasteiger partial charge in [-0.1, -0.05) is 13.8 Å². The Morgan fingerprint density at radius 1 is 1.24 bits per heavy atom. The van der Waals surface area contributed by atoms with Crippen molar-refractivity contribution < 1.29 is 14.3 Å². The molecule has 0 aromatic carbocycles. The second kappa shape index (κ2) is 7.03. The lowest BCUT2D eigenvalue weighted by Crippen LogP contribution is -2.43. The number of nitrogens with zero attached hydrogens (tertiary/aromatic N) is 1. The van der Waals surface area contributed by atoms with Crippen LogP contribution in [-0.4, -0.2) is 48.5 Å². The molecule has 21 heavy (non-hydrogen) atoms. The molecule has 1 amide bonds. The highest BCUT2D eigenvalue weighted by molar-refractivity contribution is 7.99. The Morgan fingerprint density at radius 3 is 2.38 bits per heavy atom. The molecule has 0 N–H and O–H groups in total. The Bertz CT molecular complexity index is 385. The van der Waals surface area contributed by atoms with Gasteiger partial charge in [-0.2, -0.15) is 11.8 Å². The third-order valence-corrected chi connectivity index (χ3v) is 5.83. The largest absolute Gasteiger partial charge is 0.469 e. The van der Waals surface area contributed by atoms with Crippen molar-refractivity contribution in [2.24, 2.45) is 17.3 Å². The molecule has 120 valence electrons. The molecule has 1 aliphatic carbocycles. The van der Waals surface area contributed by atoms with E-state index in [9.17, 15) is 9.59 Å². The maximum atomic E-state index is 12.3. The number of carbonyl (C=O) groups excluding carboxylic acids is 2. The number of thioether (sulfide) groups is 1. The predicted octanol–water partition coefficient (Wildman–Crippen LogP) is 2.57. The van der Waals surface area contributed by atoms with Crippen LogP contribution in [0.1, 0.15) is 39.5 Å². The average molecular weight is 313 g/mol. The molecule has 1 heterocycles. The summed E-state index contributed by atoms with van der Waals surface area (Å²) >= 11 is 1.68. The standard InChI is InChI=1S/C16H27NO3S/c1-12-6-13(2)9-17(8-12)14(18)10-21-11-16(4-5-16)7-15(19)20-3/h12-13H,4-11H2,1-3H3. The second-order valence-electron chi connectivity index (χ2n) is 6.99. The molecule has 2 unspecified atom stereocenters. The van der Waals surface area contributed by atoms with Crippen LogP contribution in [0, 0.1) is 17.3 Å². The van der Waals surface area contributed by atoms with Crippen molar-refractivity contribution >= 4 is 23.6 Å². The molecule has 2 rings (SSSR count). The maximum Gasteiger partial charge on any atom is 0.306 e. The van der Waals surface area contributed by atoms with Crippen LogP contribution in [0.2, 0.25) is 0 Å². The van der Waals surface area contributed by atoms with Crippen molar-refractivity contribution in [3.8, 4) is 0 Å². The fourth-order valence-corrected chi connectivity index (χ4v) is 4.52. The highest BCUT2D eigenvalue weighted by Crippen LogP contribution is 2.51. The summed E-state index contributed by atoms with van der Waals surface area (Å²) in [7, 11) is 1.44. The summed E-state index contributed by atoms with van der Waals surface area (Å²) in [6.45, 7) is 6.24. The number of carbonyl (C=O) groups is 2. The number of hydrogen-bond acceptors (Lipinski definition) is 4. The summed E-state index contributed by atoms with van der Waals surface area (Å²) in [4.78, 5) is 25.7. The monoisotopic (exact) mass is 313 g/mol. The third kappa shape index (κ3) is 4.90. The number of piperidine rings is 1. The third-order valence-electron chi connectivity index (χ3n) is 4.56. The van der Waals surface area contributed by atoms with Crippen LogP contribution < -0.4 is 0 Å². The average Bonchev–Trinajstić information content (AvgIpc) is 3.17. The van der Waals surface area contributed by atoms with Gasteiger partial charge in [-0.25, -0.2) is 0 Å². The summed E-state index contributed by atoms with van der Waals surface area (Å²) in [5.41, 5.74) is 0.112. The lowest BCUT2D eigenvalue weighted by Gasteiger charge is -2.35. The Kier molecular flexibility index (Phi) is 5.58. The molecule has 2 aliphatic rings. The number of amides is 1. The first-order valence-corrected chi connectivity index (χ1v) is 9.02. The van der Waals surface area contributed by atoms with Crippen LogP contribution in [0.5, 0.6) is 0 Å². The highest BCUT2D eigenvalue weighted by Gasteiger charge is 2.44. The van der Waals surface area contributed by atoms with Gasteiger partial charge in [-0.05, 0) is 42.3 Å². The smallest absolute Gasteiger partial charge is 0.306 e. The van der Waals surface area contributed by atoms with E-state index in [0.29, 0.717) is 24.0 Å². The van der Waals surface area contributed by atoms with Crippen LogP contribution in [0.4, 0.5) is 0 Å². The fraction of sp³-hybridized carbons (Fsp3) is 0.875. The SMILES string of the molecule is COC(=O)CC1(CSCC(=O)N2CC(C)CC(C)C2)CC1. The molecule has 1 saturated carbocycles. The number of hydrogen-bond donors (Lipinski definition) is 0. The lowest BCUT2D eigenvalue weighted by atomic mass is 9.92. The number of rotatable bonds is 6. The maximum absolute atomic E-state index is 12.3. The first-order valence-electron chi connectivity index (χ1n) is 7.86. The van der Waals surface area contributed by atoms with E-state index in [2.05, 4.69) is 13.8 Å². The van der Waals surface area contributed by atoms with E-state index in [1.807, 2.05) is 4.90 Å². The van der Waals surface area contributed by atoms with Gasteiger partial charge in [0, 0.05) is 13.1 Å². The van der Waals surface area contributed by atoms with Crippen molar-refractivity contribution in [1.82, 2.24) is 4.90 Å². The number of likely N-dealkylation sites (tertiary alicyclic amines) is 1. The number of esters is 1. The van der Waals surface area contributed by atoms with Crippen molar-refractivity contribution in [1.29, 1.82) is 0 Å². The van der Waals surface area contributed by atoms with Crippen LogP contribution in [-0.2, 0) is 14.3 Å². The molecule has 5 heteroatoms. The van der Waals surface area contributed by atoms with E-state index in [1.165, 1.54) is 13.5 Å². The predicted molar refractivity (Wildman–Crippen MR) is 85.2 cm³/mol.